The lowest BCUT2D eigenvalue weighted by Crippen LogP contribution is -2.08. The zero-order chi connectivity index (χ0) is 6.41. The van der Waals surface area contributed by atoms with Crippen LogP contribution in [0.3, 0.4) is 0 Å². The normalized spacial score (nSPS) is 13.9. The SMILES string of the molecule is CC[CH]C(CC)OC. The summed E-state index contributed by atoms with van der Waals surface area (Å²) in [5.41, 5.74) is 0. The van der Waals surface area contributed by atoms with Gasteiger partial charge in [0.15, 0.2) is 0 Å². The molecule has 0 aromatic carbocycles. The van der Waals surface area contributed by atoms with Crippen molar-refractivity contribution in [1.82, 2.24) is 0 Å². The molecule has 0 bridgehead atoms. The van der Waals surface area contributed by atoms with Gasteiger partial charge in [-0.15, -0.1) is 0 Å². The molecule has 0 N–H and O–H groups in total. The Bertz CT molecular complexity index is 39.7. The highest BCUT2D eigenvalue weighted by Gasteiger charge is 1.99. The second-order valence-electron chi connectivity index (χ2n) is 1.83. The molecule has 0 saturated carbocycles. The van der Waals surface area contributed by atoms with Gasteiger partial charge in [0.1, 0.15) is 0 Å². The average Bonchev–Trinajstić information content (AvgIpc) is 1.83. The molecule has 0 fully saturated rings. The molecule has 0 rings (SSSR count). The molecular weight excluding hydrogens is 100 g/mol. The summed E-state index contributed by atoms with van der Waals surface area (Å²) in [7, 11) is 1.75. The summed E-state index contributed by atoms with van der Waals surface area (Å²) >= 11 is 0. The lowest BCUT2D eigenvalue weighted by Gasteiger charge is -2.09. The van der Waals surface area contributed by atoms with Crippen molar-refractivity contribution in [3.05, 3.63) is 6.42 Å². The topological polar surface area (TPSA) is 9.23 Å². The highest BCUT2D eigenvalue weighted by atomic mass is 16.5. The van der Waals surface area contributed by atoms with Crippen LogP contribution in [0.5, 0.6) is 0 Å². The third-order valence-corrected chi connectivity index (χ3v) is 1.20. The molecule has 0 aliphatic rings. The molecule has 1 heteroatoms. The smallest absolute Gasteiger partial charge is 0.0600 e. The van der Waals surface area contributed by atoms with E-state index in [1.165, 1.54) is 0 Å². The van der Waals surface area contributed by atoms with Crippen molar-refractivity contribution in [2.75, 3.05) is 7.11 Å². The Kier molecular flexibility index (Phi) is 5.08. The summed E-state index contributed by atoms with van der Waals surface area (Å²) in [6.45, 7) is 4.25. The fourth-order valence-corrected chi connectivity index (χ4v) is 0.692. The zero-order valence-corrected chi connectivity index (χ0v) is 5.98. The quantitative estimate of drug-likeness (QED) is 0.544. The van der Waals surface area contributed by atoms with E-state index in [1.807, 2.05) is 0 Å². The van der Waals surface area contributed by atoms with Gasteiger partial charge in [-0.3, -0.25) is 0 Å². The fraction of sp³-hybridized carbons (Fsp3) is 0.857. The molecular formula is C7H15O. The Labute approximate surface area is 52.0 Å². The van der Waals surface area contributed by atoms with Crippen molar-refractivity contribution >= 4 is 0 Å². The number of hydrogen-bond acceptors (Lipinski definition) is 1. The standard InChI is InChI=1S/C7H15O/c1-4-6-7(5-2)8-3/h6-7H,4-5H2,1-3H3. The molecule has 0 heterocycles. The minimum absolute atomic E-state index is 0.375. The van der Waals surface area contributed by atoms with Gasteiger partial charge < -0.3 is 4.74 Å². The van der Waals surface area contributed by atoms with Crippen molar-refractivity contribution in [3.63, 3.8) is 0 Å². The fourth-order valence-electron chi connectivity index (χ4n) is 0.692. The Morgan fingerprint density at radius 2 is 2.12 bits per heavy atom. The Morgan fingerprint density at radius 3 is 2.25 bits per heavy atom. The summed E-state index contributed by atoms with van der Waals surface area (Å²) in [6, 6.07) is 0. The summed E-state index contributed by atoms with van der Waals surface area (Å²) < 4.78 is 5.08. The van der Waals surface area contributed by atoms with Crippen LogP contribution in [0.1, 0.15) is 26.7 Å². The van der Waals surface area contributed by atoms with Crippen molar-refractivity contribution in [1.29, 1.82) is 0 Å². The predicted molar refractivity (Wildman–Crippen MR) is 35.7 cm³/mol. The average molecular weight is 115 g/mol. The molecule has 0 aromatic rings. The first-order valence-corrected chi connectivity index (χ1v) is 3.21. The first-order valence-electron chi connectivity index (χ1n) is 3.21. The van der Waals surface area contributed by atoms with Crippen LogP contribution < -0.4 is 0 Å². The highest BCUT2D eigenvalue weighted by Crippen LogP contribution is 2.01. The Morgan fingerprint density at radius 1 is 1.50 bits per heavy atom. The summed E-state index contributed by atoms with van der Waals surface area (Å²) in [4.78, 5) is 0. The molecule has 1 unspecified atom stereocenters. The number of hydrogen-bond donors (Lipinski definition) is 0. The van der Waals surface area contributed by atoms with Crippen LogP contribution in [0.25, 0.3) is 0 Å². The number of methoxy groups -OCH3 is 1. The van der Waals surface area contributed by atoms with Crippen molar-refractivity contribution < 1.29 is 4.74 Å². The van der Waals surface area contributed by atoms with Gasteiger partial charge in [-0.2, -0.15) is 0 Å². The maximum atomic E-state index is 5.08. The van der Waals surface area contributed by atoms with E-state index in [4.69, 9.17) is 4.74 Å². The van der Waals surface area contributed by atoms with Crippen LogP contribution in [0.4, 0.5) is 0 Å². The Hall–Kier alpha value is -0.0400. The van der Waals surface area contributed by atoms with E-state index in [1.54, 1.807) is 7.11 Å². The largest absolute Gasteiger partial charge is 0.381 e. The second-order valence-corrected chi connectivity index (χ2v) is 1.83. The third-order valence-electron chi connectivity index (χ3n) is 1.20. The number of ether oxygens (including phenoxy) is 1. The molecule has 1 atom stereocenters. The van der Waals surface area contributed by atoms with Crippen LogP contribution in [-0.2, 0) is 4.74 Å². The summed E-state index contributed by atoms with van der Waals surface area (Å²) in [5.74, 6) is 0. The van der Waals surface area contributed by atoms with E-state index in [0.29, 0.717) is 6.10 Å². The maximum absolute atomic E-state index is 5.08. The molecule has 8 heavy (non-hydrogen) atoms. The minimum Gasteiger partial charge on any atom is -0.381 e. The van der Waals surface area contributed by atoms with Crippen molar-refractivity contribution in [2.24, 2.45) is 0 Å². The van der Waals surface area contributed by atoms with Gasteiger partial charge in [-0.25, -0.2) is 0 Å². The first-order chi connectivity index (χ1) is 3.85. The second kappa shape index (κ2) is 5.10. The van der Waals surface area contributed by atoms with E-state index >= 15 is 0 Å². The molecule has 0 aromatic heterocycles. The van der Waals surface area contributed by atoms with Gasteiger partial charge in [0, 0.05) is 7.11 Å². The van der Waals surface area contributed by atoms with Gasteiger partial charge in [-0.1, -0.05) is 20.3 Å². The molecule has 0 saturated heterocycles. The molecule has 0 aliphatic heterocycles. The predicted octanol–water partition coefficient (Wildman–Crippen LogP) is 2.03. The minimum atomic E-state index is 0.375. The zero-order valence-electron chi connectivity index (χ0n) is 5.98. The van der Waals surface area contributed by atoms with Crippen LogP contribution in [0, 0.1) is 6.42 Å². The lowest BCUT2D eigenvalue weighted by molar-refractivity contribution is 0.123. The molecule has 0 spiro atoms. The van der Waals surface area contributed by atoms with E-state index in [0.717, 1.165) is 12.8 Å². The van der Waals surface area contributed by atoms with Crippen molar-refractivity contribution in [3.8, 4) is 0 Å². The number of rotatable bonds is 4. The van der Waals surface area contributed by atoms with E-state index in [9.17, 15) is 0 Å². The van der Waals surface area contributed by atoms with E-state index < -0.39 is 0 Å². The van der Waals surface area contributed by atoms with Crippen LogP contribution >= 0.6 is 0 Å². The van der Waals surface area contributed by atoms with Gasteiger partial charge in [0.05, 0.1) is 6.10 Å². The molecule has 49 valence electrons. The highest BCUT2D eigenvalue weighted by molar-refractivity contribution is 4.72. The van der Waals surface area contributed by atoms with Gasteiger partial charge >= 0.3 is 0 Å². The molecule has 0 amide bonds. The monoisotopic (exact) mass is 115 g/mol. The van der Waals surface area contributed by atoms with E-state index in [2.05, 4.69) is 20.3 Å². The molecule has 1 nitrogen and oxygen atoms in total. The third kappa shape index (κ3) is 3.03. The van der Waals surface area contributed by atoms with Gasteiger partial charge in [0.2, 0.25) is 0 Å². The van der Waals surface area contributed by atoms with Crippen LogP contribution in [0.15, 0.2) is 0 Å². The summed E-state index contributed by atoms with van der Waals surface area (Å²) in [6.07, 6.45) is 4.75. The van der Waals surface area contributed by atoms with Crippen LogP contribution in [0.2, 0.25) is 0 Å². The first kappa shape index (κ1) is 7.96. The van der Waals surface area contributed by atoms with Crippen molar-refractivity contribution in [2.45, 2.75) is 32.8 Å². The molecule has 1 radical (unpaired) electrons. The molecule has 0 aliphatic carbocycles. The van der Waals surface area contributed by atoms with Crippen LogP contribution in [-0.4, -0.2) is 13.2 Å². The van der Waals surface area contributed by atoms with E-state index in [-0.39, 0.29) is 0 Å². The van der Waals surface area contributed by atoms with Gasteiger partial charge in [-0.05, 0) is 12.8 Å². The Balaban J connectivity index is 3.07. The maximum Gasteiger partial charge on any atom is 0.0600 e. The summed E-state index contributed by atoms with van der Waals surface area (Å²) in [5, 5.41) is 0. The van der Waals surface area contributed by atoms with Gasteiger partial charge in [0.25, 0.3) is 0 Å². The lowest BCUT2D eigenvalue weighted by atomic mass is 10.2.